The third-order valence-electron chi connectivity index (χ3n) is 2.96. The molecule has 0 radical (unpaired) electrons. The van der Waals surface area contributed by atoms with Gasteiger partial charge in [-0.05, 0) is 53.8 Å². The average Bonchev–Trinajstić information content (AvgIpc) is 2.88. The average molecular weight is 262 g/mol. The lowest BCUT2D eigenvalue weighted by molar-refractivity contribution is 0.542. The van der Waals surface area contributed by atoms with Crippen LogP contribution in [0.4, 0.5) is 0 Å². The van der Waals surface area contributed by atoms with Crippen molar-refractivity contribution in [2.75, 3.05) is 0 Å². The highest BCUT2D eigenvalue weighted by Gasteiger charge is 2.16. The highest BCUT2D eigenvalue weighted by molar-refractivity contribution is 7.07. The number of nitrogens with zero attached hydrogens (tertiary/aromatic N) is 2. The number of hydrogen-bond acceptors (Lipinski definition) is 5. The fourth-order valence-corrected chi connectivity index (χ4v) is 2.70. The minimum absolute atomic E-state index is 0.0868. The second-order valence-corrected chi connectivity index (χ2v) is 5.08. The molecular formula is C13H18N4S. The standard InChI is InChI=1S/C13H18N4S/c1-3-12-11(6-9(2)16-17-12)13(15-14)7-10-4-5-18-8-10/h4-6,8,13,15H,3,7,14H2,1-2H3. The fourth-order valence-electron chi connectivity index (χ4n) is 2.01. The van der Waals surface area contributed by atoms with E-state index in [2.05, 4.69) is 45.4 Å². The number of nitrogens with two attached hydrogens (primary N) is 1. The molecule has 96 valence electrons. The molecule has 0 fully saturated rings. The van der Waals surface area contributed by atoms with Gasteiger partial charge >= 0.3 is 0 Å². The zero-order chi connectivity index (χ0) is 13.0. The van der Waals surface area contributed by atoms with Crippen molar-refractivity contribution in [1.29, 1.82) is 0 Å². The fraction of sp³-hybridized carbons (Fsp3) is 0.385. The van der Waals surface area contributed by atoms with Crippen molar-refractivity contribution in [2.45, 2.75) is 32.7 Å². The lowest BCUT2D eigenvalue weighted by Crippen LogP contribution is -2.30. The lowest BCUT2D eigenvalue weighted by atomic mass is 9.98. The van der Waals surface area contributed by atoms with Gasteiger partial charge in [0.1, 0.15) is 0 Å². The summed E-state index contributed by atoms with van der Waals surface area (Å²) in [5.41, 5.74) is 7.27. The van der Waals surface area contributed by atoms with Gasteiger partial charge in [-0.15, -0.1) is 0 Å². The first kappa shape index (κ1) is 13.1. The van der Waals surface area contributed by atoms with Crippen LogP contribution < -0.4 is 11.3 Å². The van der Waals surface area contributed by atoms with E-state index in [-0.39, 0.29) is 6.04 Å². The quantitative estimate of drug-likeness (QED) is 0.640. The normalized spacial score (nSPS) is 12.6. The van der Waals surface area contributed by atoms with Crippen molar-refractivity contribution < 1.29 is 0 Å². The molecule has 0 saturated heterocycles. The molecular weight excluding hydrogens is 244 g/mol. The highest BCUT2D eigenvalue weighted by atomic mass is 32.1. The van der Waals surface area contributed by atoms with E-state index in [9.17, 15) is 0 Å². The molecule has 0 spiro atoms. The molecule has 1 atom stereocenters. The van der Waals surface area contributed by atoms with E-state index in [1.54, 1.807) is 11.3 Å². The van der Waals surface area contributed by atoms with E-state index in [4.69, 9.17) is 5.84 Å². The zero-order valence-electron chi connectivity index (χ0n) is 10.7. The number of hydrogen-bond donors (Lipinski definition) is 2. The van der Waals surface area contributed by atoms with Gasteiger partial charge in [-0.1, -0.05) is 6.92 Å². The van der Waals surface area contributed by atoms with Crippen LogP contribution >= 0.6 is 11.3 Å². The molecule has 3 N–H and O–H groups in total. The molecule has 0 aromatic carbocycles. The Morgan fingerprint density at radius 2 is 2.28 bits per heavy atom. The van der Waals surface area contributed by atoms with Gasteiger partial charge in [0.2, 0.25) is 0 Å². The van der Waals surface area contributed by atoms with Crippen molar-refractivity contribution in [3.8, 4) is 0 Å². The van der Waals surface area contributed by atoms with Gasteiger partial charge in [-0.2, -0.15) is 21.5 Å². The second-order valence-electron chi connectivity index (χ2n) is 4.30. The number of rotatable bonds is 5. The van der Waals surface area contributed by atoms with Crippen LogP contribution in [0.3, 0.4) is 0 Å². The molecule has 0 aliphatic heterocycles. The van der Waals surface area contributed by atoms with E-state index >= 15 is 0 Å². The second kappa shape index (κ2) is 6.04. The monoisotopic (exact) mass is 262 g/mol. The molecule has 0 bridgehead atoms. The zero-order valence-corrected chi connectivity index (χ0v) is 11.5. The molecule has 0 aliphatic rings. The maximum absolute atomic E-state index is 5.70. The van der Waals surface area contributed by atoms with E-state index < -0.39 is 0 Å². The largest absolute Gasteiger partial charge is 0.271 e. The van der Waals surface area contributed by atoms with E-state index in [1.807, 2.05) is 6.92 Å². The molecule has 2 rings (SSSR count). The van der Waals surface area contributed by atoms with Crippen LogP contribution in [0.1, 0.15) is 35.5 Å². The molecule has 2 aromatic rings. The summed E-state index contributed by atoms with van der Waals surface area (Å²) in [6.45, 7) is 4.04. The van der Waals surface area contributed by atoms with Crippen molar-refractivity contribution in [3.63, 3.8) is 0 Å². The Morgan fingerprint density at radius 1 is 1.44 bits per heavy atom. The minimum Gasteiger partial charge on any atom is -0.271 e. The Kier molecular flexibility index (Phi) is 4.41. The molecule has 18 heavy (non-hydrogen) atoms. The van der Waals surface area contributed by atoms with Crippen LogP contribution in [0.2, 0.25) is 0 Å². The number of aromatic nitrogens is 2. The molecule has 0 saturated carbocycles. The third kappa shape index (κ3) is 2.93. The first-order valence-electron chi connectivity index (χ1n) is 6.05. The Labute approximate surface area is 111 Å². The van der Waals surface area contributed by atoms with Crippen molar-refractivity contribution >= 4 is 11.3 Å². The van der Waals surface area contributed by atoms with Crippen molar-refractivity contribution in [3.05, 3.63) is 45.4 Å². The van der Waals surface area contributed by atoms with Crippen LogP contribution in [-0.4, -0.2) is 10.2 Å². The van der Waals surface area contributed by atoms with Crippen LogP contribution in [0.25, 0.3) is 0 Å². The van der Waals surface area contributed by atoms with Gasteiger partial charge in [0.25, 0.3) is 0 Å². The minimum atomic E-state index is 0.0868. The Balaban J connectivity index is 2.28. The van der Waals surface area contributed by atoms with Crippen LogP contribution in [0.5, 0.6) is 0 Å². The third-order valence-corrected chi connectivity index (χ3v) is 3.69. The van der Waals surface area contributed by atoms with Gasteiger partial charge in [0.05, 0.1) is 17.4 Å². The molecule has 5 heteroatoms. The number of thiophene rings is 1. The van der Waals surface area contributed by atoms with E-state index in [1.165, 1.54) is 5.56 Å². The smallest absolute Gasteiger partial charge is 0.0676 e. The van der Waals surface area contributed by atoms with Gasteiger partial charge in [0.15, 0.2) is 0 Å². The molecule has 4 nitrogen and oxygen atoms in total. The van der Waals surface area contributed by atoms with Crippen LogP contribution in [0, 0.1) is 6.92 Å². The van der Waals surface area contributed by atoms with E-state index in [0.717, 1.165) is 29.8 Å². The van der Waals surface area contributed by atoms with Crippen LogP contribution in [-0.2, 0) is 12.8 Å². The topological polar surface area (TPSA) is 63.8 Å². The Bertz CT molecular complexity index is 496. The molecule has 0 aliphatic carbocycles. The first-order chi connectivity index (χ1) is 8.74. The predicted octanol–water partition coefficient (Wildman–Crippen LogP) is 2.16. The highest BCUT2D eigenvalue weighted by Crippen LogP contribution is 2.22. The maximum atomic E-state index is 5.70. The molecule has 2 aromatic heterocycles. The summed E-state index contributed by atoms with van der Waals surface area (Å²) < 4.78 is 0. The van der Waals surface area contributed by atoms with Gasteiger partial charge < -0.3 is 0 Å². The van der Waals surface area contributed by atoms with Gasteiger partial charge in [-0.3, -0.25) is 11.3 Å². The van der Waals surface area contributed by atoms with Crippen LogP contribution in [0.15, 0.2) is 22.9 Å². The SMILES string of the molecule is CCc1nnc(C)cc1C(Cc1ccsc1)NN. The van der Waals surface area contributed by atoms with Crippen molar-refractivity contribution in [2.24, 2.45) is 5.84 Å². The lowest BCUT2D eigenvalue weighted by Gasteiger charge is -2.18. The summed E-state index contributed by atoms with van der Waals surface area (Å²) in [6.07, 6.45) is 1.74. The summed E-state index contributed by atoms with van der Waals surface area (Å²) in [5, 5.41) is 12.6. The number of aryl methyl sites for hydroxylation is 2. The summed E-state index contributed by atoms with van der Waals surface area (Å²) in [6, 6.07) is 4.29. The maximum Gasteiger partial charge on any atom is 0.0676 e. The summed E-state index contributed by atoms with van der Waals surface area (Å²) >= 11 is 1.70. The Hall–Kier alpha value is -1.30. The van der Waals surface area contributed by atoms with Gasteiger partial charge in [-0.25, -0.2) is 0 Å². The Morgan fingerprint density at radius 3 is 2.89 bits per heavy atom. The summed E-state index contributed by atoms with van der Waals surface area (Å²) in [4.78, 5) is 0. The first-order valence-corrected chi connectivity index (χ1v) is 6.99. The summed E-state index contributed by atoms with van der Waals surface area (Å²) in [7, 11) is 0. The van der Waals surface area contributed by atoms with Crippen molar-refractivity contribution in [1.82, 2.24) is 15.6 Å². The molecule has 2 heterocycles. The molecule has 1 unspecified atom stereocenters. The number of nitrogens with one attached hydrogen (secondary N) is 1. The molecule has 0 amide bonds. The van der Waals surface area contributed by atoms with E-state index in [0.29, 0.717) is 0 Å². The van der Waals surface area contributed by atoms with Gasteiger partial charge in [0, 0.05) is 0 Å². The summed E-state index contributed by atoms with van der Waals surface area (Å²) in [5.74, 6) is 5.70. The predicted molar refractivity (Wildman–Crippen MR) is 74.2 cm³/mol. The number of hydrazine groups is 1.